The van der Waals surface area contributed by atoms with E-state index in [1.807, 2.05) is 19.9 Å². The Labute approximate surface area is 68.5 Å². The van der Waals surface area contributed by atoms with Gasteiger partial charge in [0, 0.05) is 4.90 Å². The lowest BCUT2D eigenvalue weighted by atomic mass is 10.2. The molecule has 60 valence electrons. The van der Waals surface area contributed by atoms with Gasteiger partial charge in [-0.3, -0.25) is 4.21 Å². The summed E-state index contributed by atoms with van der Waals surface area (Å²) in [4.78, 5) is 0.363. The minimum atomic E-state index is -2.10. The van der Waals surface area contributed by atoms with Crippen LogP contribution in [0.1, 0.15) is 11.1 Å². The second-order valence-corrected chi connectivity index (χ2v) is 3.50. The summed E-state index contributed by atoms with van der Waals surface area (Å²) in [7, 11) is 0. The van der Waals surface area contributed by atoms with Crippen molar-refractivity contribution in [2.75, 3.05) is 0 Å². The number of benzene rings is 1. The van der Waals surface area contributed by atoms with E-state index < -0.39 is 11.1 Å². The lowest BCUT2D eigenvalue weighted by Crippen LogP contribution is -1.90. The van der Waals surface area contributed by atoms with Crippen LogP contribution in [0.5, 0.6) is 0 Å². The van der Waals surface area contributed by atoms with Gasteiger partial charge < -0.3 is 4.55 Å². The van der Waals surface area contributed by atoms with Crippen molar-refractivity contribution in [1.82, 2.24) is 0 Å². The van der Waals surface area contributed by atoms with Crippen molar-refractivity contribution in [1.29, 1.82) is 0 Å². The first kappa shape index (κ1) is 8.43. The van der Waals surface area contributed by atoms with Crippen LogP contribution < -0.4 is 0 Å². The Balaban J connectivity index is 3.19. The summed E-state index contributed by atoms with van der Waals surface area (Å²) >= 11 is -2.10. The van der Waals surface area contributed by atoms with Gasteiger partial charge in [0.2, 0.25) is 0 Å². The second-order valence-electron chi connectivity index (χ2n) is 2.56. The number of aryl methyl sites for hydroxylation is 2. The zero-order valence-corrected chi connectivity index (χ0v) is 7.27. The molecule has 1 rings (SSSR count). The third-order valence-electron chi connectivity index (χ3n) is 1.39. The Kier molecular flexibility index (Phi) is 2.42. The molecule has 0 fully saturated rings. The van der Waals surface area contributed by atoms with Gasteiger partial charge in [0.15, 0.2) is 0 Å². The number of hydrogen-bond acceptors (Lipinski definition) is 2. The first-order valence-electron chi connectivity index (χ1n) is 3.27. The molecule has 0 heterocycles. The summed E-state index contributed by atoms with van der Waals surface area (Å²) in [6.07, 6.45) is 0. The minimum Gasteiger partial charge on any atom is -0.768 e. The topological polar surface area (TPSA) is 40.1 Å². The van der Waals surface area contributed by atoms with Gasteiger partial charge in [-0.1, -0.05) is 6.07 Å². The summed E-state index contributed by atoms with van der Waals surface area (Å²) in [6.45, 7) is 3.76. The van der Waals surface area contributed by atoms with Crippen LogP contribution in [0.15, 0.2) is 23.1 Å². The molecular weight excluding hydrogens is 160 g/mol. The van der Waals surface area contributed by atoms with Crippen LogP contribution >= 0.6 is 0 Å². The summed E-state index contributed by atoms with van der Waals surface area (Å²) in [5.41, 5.74) is 1.95. The average molecular weight is 169 g/mol. The molecule has 3 heteroatoms. The zero-order chi connectivity index (χ0) is 8.43. The van der Waals surface area contributed by atoms with Gasteiger partial charge in [0.05, 0.1) is 0 Å². The van der Waals surface area contributed by atoms with Crippen LogP contribution in [0.4, 0.5) is 0 Å². The largest absolute Gasteiger partial charge is 0.768 e. The highest BCUT2D eigenvalue weighted by molar-refractivity contribution is 7.79. The van der Waals surface area contributed by atoms with Crippen molar-refractivity contribution in [2.24, 2.45) is 0 Å². The molecule has 0 aromatic heterocycles. The van der Waals surface area contributed by atoms with E-state index in [1.54, 1.807) is 12.1 Å². The molecule has 0 aliphatic heterocycles. The minimum absolute atomic E-state index is 0.363. The van der Waals surface area contributed by atoms with Gasteiger partial charge in [-0.05, 0) is 48.2 Å². The van der Waals surface area contributed by atoms with Gasteiger partial charge in [0.1, 0.15) is 0 Å². The normalized spacial score (nSPS) is 13.0. The van der Waals surface area contributed by atoms with Crippen molar-refractivity contribution in [2.45, 2.75) is 18.7 Å². The molecule has 0 saturated carbocycles. The predicted molar refractivity (Wildman–Crippen MR) is 43.1 cm³/mol. The van der Waals surface area contributed by atoms with Gasteiger partial charge in [-0.2, -0.15) is 0 Å². The van der Waals surface area contributed by atoms with Crippen molar-refractivity contribution in [3.63, 3.8) is 0 Å². The highest BCUT2D eigenvalue weighted by Gasteiger charge is 1.94. The predicted octanol–water partition coefficient (Wildman–Crippen LogP) is 1.54. The molecule has 0 spiro atoms. The molecule has 0 radical (unpaired) electrons. The molecular formula is C8H9O2S-. The fraction of sp³-hybridized carbons (Fsp3) is 0.250. The van der Waals surface area contributed by atoms with Gasteiger partial charge in [-0.25, -0.2) is 0 Å². The third kappa shape index (κ3) is 2.13. The number of rotatable bonds is 1. The van der Waals surface area contributed by atoms with Crippen LogP contribution in [-0.2, 0) is 11.1 Å². The Morgan fingerprint density at radius 2 is 1.64 bits per heavy atom. The maximum Gasteiger partial charge on any atom is 0.0254 e. The van der Waals surface area contributed by atoms with E-state index in [4.69, 9.17) is 0 Å². The van der Waals surface area contributed by atoms with E-state index in [0.29, 0.717) is 4.90 Å². The van der Waals surface area contributed by atoms with E-state index in [1.165, 1.54) is 0 Å². The average Bonchev–Trinajstić information content (AvgIpc) is 1.85. The fourth-order valence-corrected chi connectivity index (χ4v) is 1.59. The third-order valence-corrected chi connectivity index (χ3v) is 2.01. The fourth-order valence-electron chi connectivity index (χ4n) is 1.03. The molecule has 0 amide bonds. The van der Waals surface area contributed by atoms with Crippen molar-refractivity contribution < 1.29 is 8.76 Å². The van der Waals surface area contributed by atoms with E-state index >= 15 is 0 Å². The zero-order valence-electron chi connectivity index (χ0n) is 6.46. The van der Waals surface area contributed by atoms with Crippen LogP contribution in [0.2, 0.25) is 0 Å². The smallest absolute Gasteiger partial charge is 0.0254 e. The van der Waals surface area contributed by atoms with Gasteiger partial charge in [0.25, 0.3) is 0 Å². The lowest BCUT2D eigenvalue weighted by Gasteiger charge is -2.06. The molecule has 11 heavy (non-hydrogen) atoms. The van der Waals surface area contributed by atoms with Crippen molar-refractivity contribution >= 4 is 11.1 Å². The monoisotopic (exact) mass is 169 g/mol. The maximum atomic E-state index is 10.5. The first-order valence-corrected chi connectivity index (χ1v) is 4.34. The molecule has 0 aliphatic carbocycles. The first-order chi connectivity index (χ1) is 5.09. The standard InChI is InChI=1S/C8H10O2S/c1-6-3-7(2)5-8(4-6)11(9)10/h3-5H,1-2H3,(H,9,10)/p-1. The maximum absolute atomic E-state index is 10.5. The molecule has 0 saturated heterocycles. The number of hydrogen-bond donors (Lipinski definition) is 0. The molecule has 1 atom stereocenters. The lowest BCUT2D eigenvalue weighted by molar-refractivity contribution is 0.537. The Hall–Kier alpha value is -0.670. The highest BCUT2D eigenvalue weighted by Crippen LogP contribution is 2.10. The van der Waals surface area contributed by atoms with E-state index in [9.17, 15) is 8.76 Å². The van der Waals surface area contributed by atoms with E-state index in [2.05, 4.69) is 0 Å². The molecule has 0 N–H and O–H groups in total. The van der Waals surface area contributed by atoms with Gasteiger partial charge in [-0.15, -0.1) is 0 Å². The Morgan fingerprint density at radius 1 is 1.18 bits per heavy atom. The molecule has 1 unspecified atom stereocenters. The SMILES string of the molecule is Cc1cc(C)cc(S(=O)[O-])c1. The summed E-state index contributed by atoms with van der Waals surface area (Å²) in [5, 5.41) is 0. The molecule has 0 aliphatic rings. The summed E-state index contributed by atoms with van der Waals surface area (Å²) in [5.74, 6) is 0. The van der Waals surface area contributed by atoms with E-state index in [-0.39, 0.29) is 0 Å². The highest BCUT2D eigenvalue weighted by atomic mass is 32.2. The molecule has 1 aromatic carbocycles. The van der Waals surface area contributed by atoms with E-state index in [0.717, 1.165) is 11.1 Å². The van der Waals surface area contributed by atoms with Gasteiger partial charge >= 0.3 is 0 Å². The second kappa shape index (κ2) is 3.15. The molecule has 1 aromatic rings. The Bertz CT molecular complexity index is 274. The van der Waals surface area contributed by atoms with Crippen LogP contribution in [0.3, 0.4) is 0 Å². The quantitative estimate of drug-likeness (QED) is 0.598. The Morgan fingerprint density at radius 3 is 2.00 bits per heavy atom. The van der Waals surface area contributed by atoms with Crippen molar-refractivity contribution in [3.05, 3.63) is 29.3 Å². The molecule has 0 bridgehead atoms. The van der Waals surface area contributed by atoms with Crippen LogP contribution in [-0.4, -0.2) is 8.76 Å². The summed E-state index contributed by atoms with van der Waals surface area (Å²) < 4.78 is 21.0. The summed E-state index contributed by atoms with van der Waals surface area (Å²) in [6, 6.07) is 5.24. The van der Waals surface area contributed by atoms with Crippen LogP contribution in [0.25, 0.3) is 0 Å². The molecule has 2 nitrogen and oxygen atoms in total. The van der Waals surface area contributed by atoms with Crippen molar-refractivity contribution in [3.8, 4) is 0 Å². The van der Waals surface area contributed by atoms with Crippen LogP contribution in [0, 0.1) is 13.8 Å².